The third-order valence-corrected chi connectivity index (χ3v) is 4.34. The van der Waals surface area contributed by atoms with Crippen LogP contribution in [0.5, 0.6) is 17.4 Å². The number of hydrogen-bond acceptors (Lipinski definition) is 4. The zero-order valence-corrected chi connectivity index (χ0v) is 16.8. The van der Waals surface area contributed by atoms with Gasteiger partial charge in [-0.2, -0.15) is 0 Å². The molecule has 0 N–H and O–H groups in total. The summed E-state index contributed by atoms with van der Waals surface area (Å²) in [5.74, 6) is -0.214. The number of nitrogens with zero attached hydrogens (tertiary/aromatic N) is 2. The average molecular weight is 412 g/mol. The van der Waals surface area contributed by atoms with Gasteiger partial charge in [-0.25, -0.2) is 13.8 Å². The molecule has 156 valence electrons. The molecule has 0 bridgehead atoms. The van der Waals surface area contributed by atoms with Crippen molar-refractivity contribution >= 4 is 11.6 Å². The van der Waals surface area contributed by atoms with E-state index in [1.165, 1.54) is 30.2 Å². The molecule has 1 amide bonds. The number of amides is 1. The minimum atomic E-state index is -0.618. The van der Waals surface area contributed by atoms with Crippen LogP contribution in [0.3, 0.4) is 0 Å². The van der Waals surface area contributed by atoms with Gasteiger partial charge in [-0.15, -0.1) is 0 Å². The van der Waals surface area contributed by atoms with Crippen molar-refractivity contribution in [2.75, 3.05) is 18.2 Å². The predicted octanol–water partition coefficient (Wildman–Crippen LogP) is 5.22. The van der Waals surface area contributed by atoms with Crippen molar-refractivity contribution in [3.05, 3.63) is 77.7 Å². The maximum absolute atomic E-state index is 14.0. The molecule has 0 aliphatic rings. The number of para-hydroxylation sites is 1. The van der Waals surface area contributed by atoms with E-state index in [-0.39, 0.29) is 30.7 Å². The van der Waals surface area contributed by atoms with Gasteiger partial charge < -0.3 is 14.4 Å². The molecule has 0 unspecified atom stereocenters. The van der Waals surface area contributed by atoms with Crippen LogP contribution in [0, 0.1) is 12.7 Å². The molecule has 0 fully saturated rings. The third-order valence-electron chi connectivity index (χ3n) is 4.34. The molecule has 1 aromatic heterocycles. The Labute approximate surface area is 173 Å². The number of ether oxygens (including phenoxy) is 2. The first-order valence-corrected chi connectivity index (χ1v) is 9.43. The van der Waals surface area contributed by atoms with Gasteiger partial charge in [0.05, 0.1) is 6.54 Å². The minimum absolute atomic E-state index is 0.00322. The number of pyridine rings is 1. The zero-order valence-electron chi connectivity index (χ0n) is 16.8. The lowest BCUT2D eigenvalue weighted by Gasteiger charge is -2.24. The smallest absolute Gasteiger partial charge is 0.243 e. The van der Waals surface area contributed by atoms with Gasteiger partial charge in [0.25, 0.3) is 0 Å². The van der Waals surface area contributed by atoms with Crippen molar-refractivity contribution in [3.63, 3.8) is 0 Å². The number of hydrogen-bond donors (Lipinski definition) is 0. The lowest BCUT2D eigenvalue weighted by Crippen LogP contribution is -2.28. The van der Waals surface area contributed by atoms with E-state index in [1.807, 2.05) is 19.1 Å². The Morgan fingerprint density at radius 2 is 1.90 bits per heavy atom. The number of alkyl halides is 1. The molecule has 1 heterocycles. The number of anilines is 1. The van der Waals surface area contributed by atoms with Gasteiger partial charge in [0, 0.05) is 18.7 Å². The fraction of sp³-hybridized carbons (Fsp3) is 0.217. The fourth-order valence-corrected chi connectivity index (χ4v) is 2.96. The van der Waals surface area contributed by atoms with Crippen molar-refractivity contribution in [3.8, 4) is 17.4 Å². The standard InChI is InChI=1S/C23H22F2N2O3/c1-16-9-10-21(29-13-11-24)18(14-16)15-27(17(2)28)20-7-5-12-26-23(20)30-22-8-4-3-6-19(22)25/h3-10,12,14H,11,13,15H2,1-2H3. The van der Waals surface area contributed by atoms with Crippen LogP contribution in [0.2, 0.25) is 0 Å². The molecule has 0 aliphatic carbocycles. The maximum atomic E-state index is 14.0. The van der Waals surface area contributed by atoms with Crippen LogP contribution in [0.1, 0.15) is 18.1 Å². The number of halogens is 2. The monoisotopic (exact) mass is 412 g/mol. The summed E-state index contributed by atoms with van der Waals surface area (Å²) in [4.78, 5) is 18.1. The molecule has 0 saturated carbocycles. The van der Waals surface area contributed by atoms with E-state index in [1.54, 1.807) is 30.3 Å². The van der Waals surface area contributed by atoms with Crippen LogP contribution in [0.25, 0.3) is 0 Å². The summed E-state index contributed by atoms with van der Waals surface area (Å²) >= 11 is 0. The summed E-state index contributed by atoms with van der Waals surface area (Å²) in [5.41, 5.74) is 2.06. The molecule has 2 aromatic carbocycles. The van der Waals surface area contributed by atoms with Gasteiger partial charge in [0.1, 0.15) is 24.7 Å². The largest absolute Gasteiger partial charge is 0.491 e. The lowest BCUT2D eigenvalue weighted by atomic mass is 10.1. The number of rotatable bonds is 8. The highest BCUT2D eigenvalue weighted by Crippen LogP contribution is 2.33. The molecule has 7 heteroatoms. The summed E-state index contributed by atoms with van der Waals surface area (Å²) in [7, 11) is 0. The summed E-state index contributed by atoms with van der Waals surface area (Å²) in [5, 5.41) is 0. The Hall–Kier alpha value is -3.48. The van der Waals surface area contributed by atoms with Gasteiger partial charge in [0.2, 0.25) is 11.8 Å². The molecule has 0 atom stereocenters. The van der Waals surface area contributed by atoms with E-state index < -0.39 is 12.5 Å². The second-order valence-electron chi connectivity index (χ2n) is 6.61. The molecular weight excluding hydrogens is 390 g/mol. The van der Waals surface area contributed by atoms with Crippen LogP contribution < -0.4 is 14.4 Å². The van der Waals surface area contributed by atoms with Crippen molar-refractivity contribution in [1.29, 1.82) is 0 Å². The van der Waals surface area contributed by atoms with E-state index in [0.29, 0.717) is 17.0 Å². The van der Waals surface area contributed by atoms with Gasteiger partial charge >= 0.3 is 0 Å². The van der Waals surface area contributed by atoms with Crippen LogP contribution in [-0.2, 0) is 11.3 Å². The summed E-state index contributed by atoms with van der Waals surface area (Å²) in [6, 6.07) is 14.8. The van der Waals surface area contributed by atoms with Crippen molar-refractivity contribution in [2.24, 2.45) is 0 Å². The Kier molecular flexibility index (Phi) is 6.95. The molecule has 5 nitrogen and oxygen atoms in total. The van der Waals surface area contributed by atoms with Crippen molar-refractivity contribution in [1.82, 2.24) is 4.98 Å². The van der Waals surface area contributed by atoms with Crippen molar-refractivity contribution < 1.29 is 23.0 Å². The Balaban J connectivity index is 1.96. The van der Waals surface area contributed by atoms with E-state index >= 15 is 0 Å². The van der Waals surface area contributed by atoms with E-state index in [2.05, 4.69) is 4.98 Å². The number of carbonyl (C=O) groups excluding carboxylic acids is 1. The van der Waals surface area contributed by atoms with E-state index in [0.717, 1.165) is 5.56 Å². The van der Waals surface area contributed by atoms with E-state index in [4.69, 9.17) is 9.47 Å². The van der Waals surface area contributed by atoms with Crippen LogP contribution in [0.4, 0.5) is 14.5 Å². The maximum Gasteiger partial charge on any atom is 0.243 e. The number of benzene rings is 2. The lowest BCUT2D eigenvalue weighted by molar-refractivity contribution is -0.116. The molecule has 3 aromatic rings. The van der Waals surface area contributed by atoms with Gasteiger partial charge in [0.15, 0.2) is 11.6 Å². The molecule has 0 aliphatic heterocycles. The first-order chi connectivity index (χ1) is 14.5. The highest BCUT2D eigenvalue weighted by atomic mass is 19.1. The Morgan fingerprint density at radius 1 is 1.10 bits per heavy atom. The minimum Gasteiger partial charge on any atom is -0.491 e. The normalized spacial score (nSPS) is 10.5. The molecule has 0 radical (unpaired) electrons. The van der Waals surface area contributed by atoms with Gasteiger partial charge in [-0.1, -0.05) is 29.8 Å². The molecule has 30 heavy (non-hydrogen) atoms. The molecule has 0 spiro atoms. The molecule has 0 saturated heterocycles. The molecule has 3 rings (SSSR count). The summed E-state index contributed by atoms with van der Waals surface area (Å²) < 4.78 is 37.8. The van der Waals surface area contributed by atoms with Gasteiger partial charge in [-0.05, 0) is 37.3 Å². The summed E-state index contributed by atoms with van der Waals surface area (Å²) in [6.07, 6.45) is 1.50. The Bertz CT molecular complexity index is 1030. The van der Waals surface area contributed by atoms with Gasteiger partial charge in [-0.3, -0.25) is 4.79 Å². The van der Waals surface area contributed by atoms with Crippen LogP contribution >= 0.6 is 0 Å². The summed E-state index contributed by atoms with van der Waals surface area (Å²) in [6.45, 7) is 2.78. The second kappa shape index (κ2) is 9.82. The quantitative estimate of drug-likeness (QED) is 0.509. The second-order valence-corrected chi connectivity index (χ2v) is 6.61. The number of carbonyl (C=O) groups is 1. The van der Waals surface area contributed by atoms with Crippen LogP contribution in [0.15, 0.2) is 60.8 Å². The topological polar surface area (TPSA) is 51.7 Å². The first kappa shape index (κ1) is 21.2. The fourth-order valence-electron chi connectivity index (χ4n) is 2.96. The van der Waals surface area contributed by atoms with Crippen LogP contribution in [-0.4, -0.2) is 24.2 Å². The number of aryl methyl sites for hydroxylation is 1. The highest BCUT2D eigenvalue weighted by Gasteiger charge is 2.21. The predicted molar refractivity (Wildman–Crippen MR) is 110 cm³/mol. The highest BCUT2D eigenvalue weighted by molar-refractivity contribution is 5.92. The average Bonchev–Trinajstić information content (AvgIpc) is 2.73. The van der Waals surface area contributed by atoms with E-state index in [9.17, 15) is 13.6 Å². The molecular formula is C23H22F2N2O3. The number of aromatic nitrogens is 1. The SMILES string of the molecule is CC(=O)N(Cc1cc(C)ccc1OCCF)c1cccnc1Oc1ccccc1F. The Morgan fingerprint density at radius 3 is 2.63 bits per heavy atom. The zero-order chi connectivity index (χ0) is 21.5. The first-order valence-electron chi connectivity index (χ1n) is 9.43. The van der Waals surface area contributed by atoms with Crippen molar-refractivity contribution in [2.45, 2.75) is 20.4 Å². The third kappa shape index (κ3) is 5.11.